The summed E-state index contributed by atoms with van der Waals surface area (Å²) in [6.07, 6.45) is 0. The Morgan fingerprint density at radius 3 is 1.83 bits per heavy atom. The number of aliphatic imine (C=N–C) groups is 1. The van der Waals surface area contributed by atoms with Gasteiger partial charge in [-0.05, 0) is 36.4 Å². The Hall–Kier alpha value is -3.11. The van der Waals surface area contributed by atoms with Crippen LogP contribution in [0.5, 0.6) is 0 Å². The minimum absolute atomic E-state index is 0.796. The normalized spacial score (nSPS) is 15.9. The maximum absolute atomic E-state index is 4.91. The molecule has 3 aromatic carbocycles. The number of nitrogens with zero attached hydrogens (tertiary/aromatic N) is 3. The number of quaternary nitrogens is 1. The van der Waals surface area contributed by atoms with Crippen molar-refractivity contribution in [2.75, 3.05) is 16.6 Å². The number of hydrogen-bond donors (Lipinski definition) is 1. The molecule has 0 spiro atoms. The van der Waals surface area contributed by atoms with E-state index in [4.69, 9.17) is 4.99 Å². The fourth-order valence-electron chi connectivity index (χ4n) is 2.83. The molecule has 1 saturated heterocycles. The Morgan fingerprint density at radius 2 is 1.21 bits per heavy atom. The van der Waals surface area contributed by atoms with Gasteiger partial charge in [0, 0.05) is 5.69 Å². The minimum Gasteiger partial charge on any atom is -0.258 e. The van der Waals surface area contributed by atoms with Crippen LogP contribution in [0.15, 0.2) is 96.0 Å². The average molecular weight is 315 g/mol. The number of hydrogen-bond acceptors (Lipinski definition) is 1. The molecule has 4 heteroatoms. The topological polar surface area (TPSA) is 35.5 Å². The molecule has 0 aromatic heterocycles. The second-order valence-corrected chi connectivity index (χ2v) is 5.58. The number of nitrogens with two attached hydrogens (primary N) is 1. The zero-order chi connectivity index (χ0) is 16.2. The molecule has 2 N–H and O–H groups in total. The third-order valence-corrected chi connectivity index (χ3v) is 3.99. The summed E-state index contributed by atoms with van der Waals surface area (Å²) in [5, 5.41) is 2.15. The molecule has 1 aliphatic rings. The van der Waals surface area contributed by atoms with E-state index in [0.29, 0.717) is 0 Å². The number of guanidine groups is 1. The van der Waals surface area contributed by atoms with Crippen molar-refractivity contribution in [2.24, 2.45) is 4.99 Å². The van der Waals surface area contributed by atoms with Gasteiger partial charge < -0.3 is 0 Å². The highest BCUT2D eigenvalue weighted by atomic mass is 15.7. The highest BCUT2D eigenvalue weighted by Crippen LogP contribution is 2.22. The van der Waals surface area contributed by atoms with Gasteiger partial charge in [0.1, 0.15) is 0 Å². The van der Waals surface area contributed by atoms with Gasteiger partial charge in [0.2, 0.25) is 0 Å². The van der Waals surface area contributed by atoms with Gasteiger partial charge in [0.15, 0.2) is 6.67 Å². The van der Waals surface area contributed by atoms with Crippen molar-refractivity contribution in [1.29, 1.82) is 0 Å². The largest absolute Gasteiger partial charge is 0.263 e. The summed E-state index contributed by atoms with van der Waals surface area (Å²) < 4.78 is 0. The van der Waals surface area contributed by atoms with E-state index in [1.165, 1.54) is 0 Å². The molecular weight excluding hydrogens is 296 g/mol. The number of benzene rings is 3. The molecule has 0 amide bonds. The molecule has 0 atom stereocenters. The Kier molecular flexibility index (Phi) is 3.96. The van der Waals surface area contributed by atoms with Gasteiger partial charge >= 0.3 is 0 Å². The molecule has 3 aromatic rings. The quantitative estimate of drug-likeness (QED) is 0.754. The summed E-state index contributed by atoms with van der Waals surface area (Å²) >= 11 is 0. The first-order valence-corrected chi connectivity index (χ1v) is 8.06. The predicted octanol–water partition coefficient (Wildman–Crippen LogP) is 3.14. The van der Waals surface area contributed by atoms with Gasteiger partial charge in [0.05, 0.1) is 11.4 Å². The van der Waals surface area contributed by atoms with Gasteiger partial charge in [0.25, 0.3) is 5.96 Å². The second kappa shape index (κ2) is 6.56. The lowest BCUT2D eigenvalue weighted by atomic mass is 10.3. The second-order valence-electron chi connectivity index (χ2n) is 5.58. The first-order chi connectivity index (χ1) is 11.9. The third-order valence-electron chi connectivity index (χ3n) is 3.99. The molecule has 118 valence electrons. The van der Waals surface area contributed by atoms with E-state index in [1.807, 2.05) is 42.5 Å². The molecule has 1 aliphatic heterocycles. The van der Waals surface area contributed by atoms with Crippen LogP contribution in [0.2, 0.25) is 0 Å². The average Bonchev–Trinajstić information content (AvgIpc) is 3.07. The zero-order valence-electron chi connectivity index (χ0n) is 13.3. The lowest BCUT2D eigenvalue weighted by Gasteiger charge is -2.18. The van der Waals surface area contributed by atoms with E-state index < -0.39 is 0 Å². The van der Waals surface area contributed by atoms with Crippen molar-refractivity contribution in [2.45, 2.75) is 0 Å². The Bertz CT molecular complexity index is 767. The van der Waals surface area contributed by atoms with E-state index >= 15 is 0 Å². The molecule has 0 unspecified atom stereocenters. The van der Waals surface area contributed by atoms with Crippen LogP contribution in [0.3, 0.4) is 0 Å². The highest BCUT2D eigenvalue weighted by Gasteiger charge is 2.32. The Labute approximate surface area is 141 Å². The SMILES string of the molecule is c1ccc(N=C2N(c3ccccc3)C[NH2+]N2c2ccccc2)cc1. The molecule has 1 heterocycles. The minimum atomic E-state index is 0.796. The van der Waals surface area contributed by atoms with E-state index in [1.54, 1.807) is 0 Å². The smallest absolute Gasteiger partial charge is 0.258 e. The van der Waals surface area contributed by atoms with Crippen LogP contribution in [0, 0.1) is 0 Å². The summed E-state index contributed by atoms with van der Waals surface area (Å²) in [5.74, 6) is 0.915. The van der Waals surface area contributed by atoms with Crippen LogP contribution < -0.4 is 15.3 Å². The lowest BCUT2D eigenvalue weighted by Crippen LogP contribution is -2.91. The molecular formula is C20H19N4+. The maximum Gasteiger partial charge on any atom is 0.263 e. The lowest BCUT2D eigenvalue weighted by molar-refractivity contribution is -0.642. The molecule has 0 radical (unpaired) electrons. The zero-order valence-corrected chi connectivity index (χ0v) is 13.3. The molecule has 0 aliphatic carbocycles. The van der Waals surface area contributed by atoms with E-state index in [0.717, 1.165) is 29.7 Å². The third kappa shape index (κ3) is 2.87. The van der Waals surface area contributed by atoms with Crippen LogP contribution in [0.4, 0.5) is 17.1 Å². The summed E-state index contributed by atoms with van der Waals surface area (Å²) in [6.45, 7) is 0.796. The van der Waals surface area contributed by atoms with Crippen molar-refractivity contribution < 1.29 is 5.43 Å². The molecule has 4 nitrogen and oxygen atoms in total. The van der Waals surface area contributed by atoms with Gasteiger partial charge in [-0.25, -0.2) is 10.4 Å². The van der Waals surface area contributed by atoms with Crippen LogP contribution in [-0.2, 0) is 0 Å². The first kappa shape index (κ1) is 14.5. The highest BCUT2D eigenvalue weighted by molar-refractivity contribution is 6.07. The van der Waals surface area contributed by atoms with E-state index in [2.05, 4.69) is 63.9 Å². The molecule has 0 saturated carbocycles. The predicted molar refractivity (Wildman–Crippen MR) is 98.2 cm³/mol. The number of rotatable bonds is 3. The van der Waals surface area contributed by atoms with Gasteiger partial charge in [-0.3, -0.25) is 4.90 Å². The van der Waals surface area contributed by atoms with Crippen LogP contribution in [-0.4, -0.2) is 12.6 Å². The van der Waals surface area contributed by atoms with Crippen LogP contribution >= 0.6 is 0 Å². The molecule has 1 fully saturated rings. The Balaban J connectivity index is 1.77. The van der Waals surface area contributed by atoms with E-state index in [9.17, 15) is 0 Å². The van der Waals surface area contributed by atoms with Crippen molar-refractivity contribution >= 4 is 23.0 Å². The maximum atomic E-state index is 4.91. The number of para-hydroxylation sites is 3. The van der Waals surface area contributed by atoms with Crippen molar-refractivity contribution in [3.8, 4) is 0 Å². The summed E-state index contributed by atoms with van der Waals surface area (Å²) in [4.78, 5) is 7.13. The standard InChI is InChI=1S/C20H18N4/c1-4-10-17(11-5-1)22-20-23(18-12-6-2-7-13-18)16-21-24(20)19-14-8-3-9-15-19/h1-15,21H,16H2/p+1. The van der Waals surface area contributed by atoms with Gasteiger partial charge in [-0.15, -0.1) is 0 Å². The van der Waals surface area contributed by atoms with Crippen molar-refractivity contribution in [3.05, 3.63) is 91.0 Å². The monoisotopic (exact) mass is 315 g/mol. The van der Waals surface area contributed by atoms with Crippen molar-refractivity contribution in [1.82, 2.24) is 0 Å². The molecule has 0 bridgehead atoms. The van der Waals surface area contributed by atoms with Crippen LogP contribution in [0.1, 0.15) is 0 Å². The fraction of sp³-hybridized carbons (Fsp3) is 0.0500. The summed E-state index contributed by atoms with van der Waals surface area (Å²) in [5.41, 5.74) is 5.38. The fourth-order valence-corrected chi connectivity index (χ4v) is 2.83. The number of anilines is 2. The van der Waals surface area contributed by atoms with Crippen LogP contribution in [0.25, 0.3) is 0 Å². The molecule has 4 rings (SSSR count). The van der Waals surface area contributed by atoms with Gasteiger partial charge in [-0.2, -0.15) is 5.01 Å². The van der Waals surface area contributed by atoms with E-state index in [-0.39, 0.29) is 0 Å². The first-order valence-electron chi connectivity index (χ1n) is 8.06. The van der Waals surface area contributed by atoms with Gasteiger partial charge in [-0.1, -0.05) is 54.6 Å². The summed E-state index contributed by atoms with van der Waals surface area (Å²) in [6, 6.07) is 30.8. The Morgan fingerprint density at radius 1 is 0.667 bits per heavy atom. The molecule has 24 heavy (non-hydrogen) atoms. The summed E-state index contributed by atoms with van der Waals surface area (Å²) in [7, 11) is 0. The van der Waals surface area contributed by atoms with Crippen molar-refractivity contribution in [3.63, 3.8) is 0 Å².